The molecule has 1 N–H and O–H groups in total. The van der Waals surface area contributed by atoms with Gasteiger partial charge in [-0.1, -0.05) is 19.8 Å². The summed E-state index contributed by atoms with van der Waals surface area (Å²) < 4.78 is 0. The summed E-state index contributed by atoms with van der Waals surface area (Å²) in [6.45, 7) is 3.60. The van der Waals surface area contributed by atoms with Gasteiger partial charge < -0.3 is 0 Å². The zero-order valence-corrected chi connectivity index (χ0v) is 13.6. The smallest absolute Gasteiger partial charge is 0.108 e. The molecule has 3 nitrogen and oxygen atoms in total. The maximum atomic E-state index is 9.78. The number of nitriles is 1. The fourth-order valence-corrected chi connectivity index (χ4v) is 4.53. The molecule has 0 amide bonds. The van der Waals surface area contributed by atoms with Gasteiger partial charge >= 0.3 is 0 Å². The van der Waals surface area contributed by atoms with Crippen LogP contribution in [0.3, 0.4) is 0 Å². The molecular weight excluding hydrogens is 258 g/mol. The number of nitrogens with zero attached hydrogens (tertiary/aromatic N) is 2. The summed E-state index contributed by atoms with van der Waals surface area (Å²) in [7, 11) is 0. The fraction of sp³-hybridized carbons (Fsp3) is 0.944. The lowest BCUT2D eigenvalue weighted by atomic mass is 9.78. The summed E-state index contributed by atoms with van der Waals surface area (Å²) in [5.41, 5.74) is -0.228. The average Bonchev–Trinajstić information content (AvgIpc) is 3.33. The Balaban J connectivity index is 1.69. The monoisotopic (exact) mass is 289 g/mol. The zero-order chi connectivity index (χ0) is 14.7. The topological polar surface area (TPSA) is 39.1 Å². The van der Waals surface area contributed by atoms with E-state index in [1.807, 2.05) is 0 Å². The Morgan fingerprint density at radius 2 is 2.00 bits per heavy atom. The van der Waals surface area contributed by atoms with Crippen molar-refractivity contribution in [3.63, 3.8) is 0 Å². The molecule has 0 aromatic rings. The lowest BCUT2D eigenvalue weighted by Gasteiger charge is -2.44. The quantitative estimate of drug-likeness (QED) is 0.859. The van der Waals surface area contributed by atoms with Crippen molar-refractivity contribution < 1.29 is 0 Å². The van der Waals surface area contributed by atoms with Gasteiger partial charge in [-0.25, -0.2) is 0 Å². The van der Waals surface area contributed by atoms with Crippen LogP contribution in [0.4, 0.5) is 0 Å². The van der Waals surface area contributed by atoms with Gasteiger partial charge in [0.1, 0.15) is 5.54 Å². The normalized spacial score (nSPS) is 38.7. The third-order valence-electron chi connectivity index (χ3n) is 5.86. The van der Waals surface area contributed by atoms with Crippen molar-refractivity contribution in [3.05, 3.63) is 0 Å². The Hall–Kier alpha value is -0.590. The number of hydrogen-bond donors (Lipinski definition) is 1. The molecule has 3 fully saturated rings. The number of rotatable bonds is 4. The molecule has 0 bridgehead atoms. The second-order valence-corrected chi connectivity index (χ2v) is 7.51. The SMILES string of the molecule is CCC1CCCCCN1C1CCCC(C#N)(NC2CC2)C1. The van der Waals surface area contributed by atoms with E-state index >= 15 is 0 Å². The van der Waals surface area contributed by atoms with Crippen LogP contribution in [0.1, 0.15) is 77.6 Å². The van der Waals surface area contributed by atoms with Crippen LogP contribution in [0.25, 0.3) is 0 Å². The third-order valence-corrected chi connectivity index (χ3v) is 5.86. The van der Waals surface area contributed by atoms with Gasteiger partial charge in [-0.3, -0.25) is 10.2 Å². The Labute approximate surface area is 130 Å². The highest BCUT2D eigenvalue weighted by Crippen LogP contribution is 2.36. The number of nitrogens with one attached hydrogen (secondary N) is 1. The molecule has 3 aliphatic rings. The standard InChI is InChI=1S/C18H31N3/c1-2-16-7-4-3-5-12-21(16)17-8-6-11-18(13-17,14-19)20-15-9-10-15/h15-17,20H,2-13H2,1H3. The van der Waals surface area contributed by atoms with E-state index in [0.29, 0.717) is 12.1 Å². The number of likely N-dealkylation sites (tertiary alicyclic amines) is 1. The molecule has 3 rings (SSSR count). The van der Waals surface area contributed by atoms with Crippen LogP contribution in [-0.2, 0) is 0 Å². The van der Waals surface area contributed by atoms with E-state index in [4.69, 9.17) is 0 Å². The minimum absolute atomic E-state index is 0.228. The van der Waals surface area contributed by atoms with E-state index in [2.05, 4.69) is 23.2 Å². The summed E-state index contributed by atoms with van der Waals surface area (Å²) in [4.78, 5) is 2.78. The third kappa shape index (κ3) is 3.60. The van der Waals surface area contributed by atoms with Crippen LogP contribution in [-0.4, -0.2) is 35.1 Å². The average molecular weight is 289 g/mol. The van der Waals surface area contributed by atoms with Gasteiger partial charge in [-0.2, -0.15) is 5.26 Å². The van der Waals surface area contributed by atoms with Gasteiger partial charge in [0, 0.05) is 18.1 Å². The molecule has 3 heteroatoms. The van der Waals surface area contributed by atoms with Crippen molar-refractivity contribution in [2.75, 3.05) is 6.54 Å². The summed E-state index contributed by atoms with van der Waals surface area (Å²) in [5, 5.41) is 13.5. The van der Waals surface area contributed by atoms with Crippen LogP contribution in [0, 0.1) is 11.3 Å². The molecule has 0 aromatic carbocycles. The van der Waals surface area contributed by atoms with Crippen LogP contribution < -0.4 is 5.32 Å². The minimum atomic E-state index is -0.228. The maximum absolute atomic E-state index is 9.78. The van der Waals surface area contributed by atoms with E-state index in [-0.39, 0.29) is 5.54 Å². The predicted molar refractivity (Wildman–Crippen MR) is 86.0 cm³/mol. The van der Waals surface area contributed by atoms with Crippen molar-refractivity contribution in [2.24, 2.45) is 0 Å². The lowest BCUT2D eigenvalue weighted by molar-refractivity contribution is 0.0786. The Kier molecular flexibility index (Phi) is 4.86. The molecule has 1 heterocycles. The minimum Gasteiger partial charge on any atom is -0.297 e. The molecule has 0 radical (unpaired) electrons. The number of hydrogen-bond acceptors (Lipinski definition) is 3. The van der Waals surface area contributed by atoms with Crippen LogP contribution in [0.15, 0.2) is 0 Å². The second-order valence-electron chi connectivity index (χ2n) is 7.51. The van der Waals surface area contributed by atoms with E-state index in [9.17, 15) is 5.26 Å². The molecule has 1 aliphatic heterocycles. The maximum Gasteiger partial charge on any atom is 0.108 e. The second kappa shape index (κ2) is 6.67. The largest absolute Gasteiger partial charge is 0.297 e. The highest BCUT2D eigenvalue weighted by molar-refractivity contribution is 5.13. The van der Waals surface area contributed by atoms with E-state index in [1.165, 1.54) is 64.3 Å². The first-order chi connectivity index (χ1) is 10.3. The van der Waals surface area contributed by atoms with Gasteiger partial charge in [0.25, 0.3) is 0 Å². The molecule has 0 aromatic heterocycles. The molecule has 0 spiro atoms. The summed E-state index contributed by atoms with van der Waals surface area (Å²) in [6.07, 6.45) is 13.9. The fourth-order valence-electron chi connectivity index (χ4n) is 4.53. The Bertz CT molecular complexity index is 384. The summed E-state index contributed by atoms with van der Waals surface area (Å²) in [5.74, 6) is 0. The van der Waals surface area contributed by atoms with Gasteiger partial charge in [-0.15, -0.1) is 0 Å². The van der Waals surface area contributed by atoms with E-state index in [0.717, 1.165) is 18.9 Å². The summed E-state index contributed by atoms with van der Waals surface area (Å²) in [6, 6.07) is 4.69. The summed E-state index contributed by atoms with van der Waals surface area (Å²) >= 11 is 0. The molecule has 2 aliphatic carbocycles. The first-order valence-electron chi connectivity index (χ1n) is 9.21. The van der Waals surface area contributed by atoms with E-state index < -0.39 is 0 Å². The van der Waals surface area contributed by atoms with Gasteiger partial charge in [0.15, 0.2) is 0 Å². The van der Waals surface area contributed by atoms with Crippen LogP contribution >= 0.6 is 0 Å². The van der Waals surface area contributed by atoms with Crippen molar-refractivity contribution in [1.82, 2.24) is 10.2 Å². The first kappa shape index (κ1) is 15.3. The van der Waals surface area contributed by atoms with Crippen LogP contribution in [0.2, 0.25) is 0 Å². The molecule has 3 atom stereocenters. The zero-order valence-electron chi connectivity index (χ0n) is 13.6. The van der Waals surface area contributed by atoms with E-state index in [1.54, 1.807) is 0 Å². The molecule has 1 saturated heterocycles. The van der Waals surface area contributed by atoms with Crippen molar-refractivity contribution >= 4 is 0 Å². The van der Waals surface area contributed by atoms with Gasteiger partial charge in [0.2, 0.25) is 0 Å². The first-order valence-corrected chi connectivity index (χ1v) is 9.21. The lowest BCUT2D eigenvalue weighted by Crippen LogP contribution is -2.55. The van der Waals surface area contributed by atoms with Crippen molar-refractivity contribution in [1.29, 1.82) is 5.26 Å². The van der Waals surface area contributed by atoms with Crippen LogP contribution in [0.5, 0.6) is 0 Å². The predicted octanol–water partition coefficient (Wildman–Crippen LogP) is 3.60. The highest BCUT2D eigenvalue weighted by Gasteiger charge is 2.42. The molecule has 2 saturated carbocycles. The Morgan fingerprint density at radius 3 is 2.71 bits per heavy atom. The van der Waals surface area contributed by atoms with Crippen molar-refractivity contribution in [2.45, 2.75) is 101 Å². The molecule has 3 unspecified atom stereocenters. The highest BCUT2D eigenvalue weighted by atomic mass is 15.2. The molecule has 21 heavy (non-hydrogen) atoms. The van der Waals surface area contributed by atoms with Crippen molar-refractivity contribution in [3.8, 4) is 6.07 Å². The molecular formula is C18H31N3. The van der Waals surface area contributed by atoms with Gasteiger partial charge in [-0.05, 0) is 64.3 Å². The van der Waals surface area contributed by atoms with Gasteiger partial charge in [0.05, 0.1) is 6.07 Å². The molecule has 118 valence electrons. The Morgan fingerprint density at radius 1 is 1.14 bits per heavy atom.